The van der Waals surface area contributed by atoms with E-state index in [-0.39, 0.29) is 16.4 Å². The summed E-state index contributed by atoms with van der Waals surface area (Å²) in [5.41, 5.74) is 0.207. The lowest BCUT2D eigenvalue weighted by Crippen LogP contribution is -2.43. The van der Waals surface area contributed by atoms with Crippen LogP contribution in [0.15, 0.2) is 0 Å². The molecule has 0 aromatic carbocycles. The molecule has 1 saturated carbocycles. The molecule has 2 rings (SSSR count). The van der Waals surface area contributed by atoms with Gasteiger partial charge in [0.1, 0.15) is 0 Å². The minimum Gasteiger partial charge on any atom is -0.465 e. The summed E-state index contributed by atoms with van der Waals surface area (Å²) in [6.45, 7) is 9.76. The number of esters is 1. The Morgan fingerprint density at radius 2 is 1.80 bits per heavy atom. The van der Waals surface area contributed by atoms with E-state index in [9.17, 15) is 4.79 Å². The average molecular weight is 226 g/mol. The van der Waals surface area contributed by atoms with Crippen LogP contribution in [0, 0.1) is 5.41 Å². The fourth-order valence-corrected chi connectivity index (χ4v) is 10.0. The van der Waals surface area contributed by atoms with Crippen LogP contribution in [0.3, 0.4) is 0 Å². The minimum atomic E-state index is -1.44. The molecule has 15 heavy (non-hydrogen) atoms. The Hall–Kier alpha value is -0.313. The lowest BCUT2D eigenvalue weighted by Gasteiger charge is -2.35. The van der Waals surface area contributed by atoms with Gasteiger partial charge in [0, 0.05) is 5.41 Å². The van der Waals surface area contributed by atoms with Gasteiger partial charge >= 0.3 is 5.97 Å². The number of carbonyl (C=O) groups is 1. The van der Waals surface area contributed by atoms with Gasteiger partial charge in [-0.15, -0.1) is 0 Å². The monoisotopic (exact) mass is 226 g/mol. The first kappa shape index (κ1) is 11.2. The third kappa shape index (κ3) is 1.03. The maximum atomic E-state index is 12.1. The zero-order chi connectivity index (χ0) is 11.3. The van der Waals surface area contributed by atoms with E-state index in [2.05, 4.69) is 27.7 Å². The van der Waals surface area contributed by atoms with Gasteiger partial charge in [0.2, 0.25) is 0 Å². The van der Waals surface area contributed by atoms with Gasteiger partial charge in [-0.3, -0.25) is 4.79 Å². The molecule has 2 aliphatic rings. The molecule has 0 aromatic heterocycles. The van der Waals surface area contributed by atoms with E-state index in [1.165, 1.54) is 18.1 Å². The van der Waals surface area contributed by atoms with E-state index in [1.807, 2.05) is 0 Å². The number of fused-ring (bicyclic) bond motifs is 1. The van der Waals surface area contributed by atoms with Gasteiger partial charge < -0.3 is 4.74 Å². The van der Waals surface area contributed by atoms with E-state index in [1.54, 1.807) is 0 Å². The van der Waals surface area contributed by atoms with E-state index >= 15 is 0 Å². The number of cyclic esters (lactones) is 1. The first-order valence-electron chi connectivity index (χ1n) is 6.19. The summed E-state index contributed by atoms with van der Waals surface area (Å²) in [4.78, 5) is 12.1. The summed E-state index contributed by atoms with van der Waals surface area (Å²) >= 11 is 0. The molecule has 0 bridgehead atoms. The SMILES string of the molecule is CC[Si](CC)(CC)[C@@]12C[C@]1(C)COC2=O. The number of hydrogen-bond donors (Lipinski definition) is 0. The van der Waals surface area contributed by atoms with Crippen molar-refractivity contribution in [1.82, 2.24) is 0 Å². The molecule has 0 radical (unpaired) electrons. The molecule has 2 fully saturated rings. The summed E-state index contributed by atoms with van der Waals surface area (Å²) in [6.07, 6.45) is 1.11. The van der Waals surface area contributed by atoms with Crippen LogP contribution in [-0.2, 0) is 9.53 Å². The maximum Gasteiger partial charge on any atom is 0.310 e. The zero-order valence-corrected chi connectivity index (χ0v) is 11.4. The first-order chi connectivity index (χ1) is 7.02. The van der Waals surface area contributed by atoms with Crippen molar-refractivity contribution < 1.29 is 9.53 Å². The Morgan fingerprint density at radius 1 is 1.27 bits per heavy atom. The molecule has 1 heterocycles. The Balaban J connectivity index is 2.41. The quantitative estimate of drug-likeness (QED) is 0.543. The Kier molecular flexibility index (Phi) is 2.31. The van der Waals surface area contributed by atoms with Crippen molar-refractivity contribution in [2.45, 2.75) is 57.3 Å². The third-order valence-corrected chi connectivity index (χ3v) is 12.2. The number of ether oxygens (including phenoxy) is 1. The molecule has 0 aromatic rings. The van der Waals surface area contributed by atoms with Gasteiger partial charge in [-0.2, -0.15) is 0 Å². The highest BCUT2D eigenvalue weighted by molar-refractivity contribution is 6.86. The van der Waals surface area contributed by atoms with E-state index in [0.29, 0.717) is 6.61 Å². The van der Waals surface area contributed by atoms with Crippen molar-refractivity contribution in [3.05, 3.63) is 0 Å². The smallest absolute Gasteiger partial charge is 0.310 e. The van der Waals surface area contributed by atoms with Crippen LogP contribution < -0.4 is 0 Å². The lowest BCUT2D eigenvalue weighted by molar-refractivity contribution is -0.140. The highest BCUT2D eigenvalue weighted by Gasteiger charge is 2.81. The fourth-order valence-electron chi connectivity index (χ4n) is 4.08. The number of rotatable bonds is 4. The van der Waals surface area contributed by atoms with Crippen molar-refractivity contribution >= 4 is 14.0 Å². The van der Waals surface area contributed by atoms with Gasteiger partial charge in [0.05, 0.1) is 19.7 Å². The molecule has 0 N–H and O–H groups in total. The highest BCUT2D eigenvalue weighted by atomic mass is 28.3. The molecular weight excluding hydrogens is 204 g/mol. The predicted molar refractivity (Wildman–Crippen MR) is 63.6 cm³/mol. The number of carbonyl (C=O) groups excluding carboxylic acids is 1. The lowest BCUT2D eigenvalue weighted by atomic mass is 10.1. The highest BCUT2D eigenvalue weighted by Crippen LogP contribution is 2.80. The third-order valence-electron chi connectivity index (χ3n) is 5.37. The Labute approximate surface area is 93.4 Å². The van der Waals surface area contributed by atoms with Crippen LogP contribution >= 0.6 is 0 Å². The van der Waals surface area contributed by atoms with Crippen LogP contribution in [0.2, 0.25) is 23.2 Å². The first-order valence-corrected chi connectivity index (χ1v) is 8.81. The molecule has 0 unspecified atom stereocenters. The number of hydrogen-bond acceptors (Lipinski definition) is 2. The Morgan fingerprint density at radius 3 is 2.07 bits per heavy atom. The second-order valence-corrected chi connectivity index (χ2v) is 11.1. The Bertz CT molecular complexity index is 290. The molecule has 1 saturated heterocycles. The molecule has 0 spiro atoms. The molecule has 86 valence electrons. The summed E-state index contributed by atoms with van der Waals surface area (Å²) in [5.74, 6) is 0.141. The standard InChI is InChI=1S/C12H22O2Si/c1-5-15(6-2,7-3)12-8-11(12,4)9-14-10(12)13/h5-9H2,1-4H3/t11-,12-/m1/s1. The van der Waals surface area contributed by atoms with Crippen molar-refractivity contribution in [1.29, 1.82) is 0 Å². The molecule has 3 heteroatoms. The van der Waals surface area contributed by atoms with Crippen LogP contribution in [0.4, 0.5) is 0 Å². The molecule has 0 amide bonds. The van der Waals surface area contributed by atoms with Gasteiger partial charge in [0.25, 0.3) is 0 Å². The van der Waals surface area contributed by atoms with E-state index < -0.39 is 8.07 Å². The minimum absolute atomic E-state index is 0.00174. The van der Waals surface area contributed by atoms with Gasteiger partial charge in [-0.25, -0.2) is 0 Å². The predicted octanol–water partition coefficient (Wildman–Crippen LogP) is 3.20. The van der Waals surface area contributed by atoms with Crippen LogP contribution in [-0.4, -0.2) is 20.7 Å². The topological polar surface area (TPSA) is 26.3 Å². The van der Waals surface area contributed by atoms with Gasteiger partial charge in [0.15, 0.2) is 0 Å². The van der Waals surface area contributed by atoms with Crippen molar-refractivity contribution in [2.24, 2.45) is 5.41 Å². The van der Waals surface area contributed by atoms with E-state index in [0.717, 1.165) is 6.42 Å². The fraction of sp³-hybridized carbons (Fsp3) is 0.917. The summed E-state index contributed by atoms with van der Waals surface area (Å²) in [5, 5.41) is -0.00174. The second kappa shape index (κ2) is 3.09. The normalized spacial score (nSPS) is 38.8. The summed E-state index contributed by atoms with van der Waals surface area (Å²) < 4.78 is 5.33. The van der Waals surface area contributed by atoms with Crippen molar-refractivity contribution in [2.75, 3.05) is 6.61 Å². The zero-order valence-electron chi connectivity index (χ0n) is 10.4. The summed E-state index contributed by atoms with van der Waals surface area (Å²) in [7, 11) is -1.44. The second-order valence-electron chi connectivity index (χ2n) is 5.56. The molecule has 2 atom stereocenters. The van der Waals surface area contributed by atoms with Crippen LogP contribution in [0.5, 0.6) is 0 Å². The van der Waals surface area contributed by atoms with Gasteiger partial charge in [-0.05, 0) is 6.42 Å². The van der Waals surface area contributed by atoms with Gasteiger partial charge in [-0.1, -0.05) is 45.8 Å². The van der Waals surface area contributed by atoms with Crippen LogP contribution in [0.1, 0.15) is 34.1 Å². The van der Waals surface area contributed by atoms with Crippen LogP contribution in [0.25, 0.3) is 0 Å². The maximum absolute atomic E-state index is 12.1. The molecule has 2 nitrogen and oxygen atoms in total. The molecule has 1 aliphatic heterocycles. The van der Waals surface area contributed by atoms with E-state index in [4.69, 9.17) is 4.74 Å². The molecule has 1 aliphatic carbocycles. The average Bonchev–Trinajstić information content (AvgIpc) is 2.80. The molecular formula is C12H22O2Si. The summed E-state index contributed by atoms with van der Waals surface area (Å²) in [6, 6.07) is 3.68. The largest absolute Gasteiger partial charge is 0.465 e. The van der Waals surface area contributed by atoms with Crippen molar-refractivity contribution in [3.8, 4) is 0 Å². The van der Waals surface area contributed by atoms with Crippen molar-refractivity contribution in [3.63, 3.8) is 0 Å².